The van der Waals surface area contributed by atoms with Crippen LogP contribution in [0.2, 0.25) is 0 Å². The lowest BCUT2D eigenvalue weighted by molar-refractivity contribution is 0.0945. The maximum Gasteiger partial charge on any atom is 0.272 e. The van der Waals surface area contributed by atoms with Crippen LogP contribution in [-0.4, -0.2) is 27.7 Å². The summed E-state index contributed by atoms with van der Waals surface area (Å²) in [6, 6.07) is 3.82. The van der Waals surface area contributed by atoms with E-state index in [9.17, 15) is 4.79 Å². The number of nitrogens with one attached hydrogen (secondary N) is 2. The molecule has 0 spiro atoms. The Hall–Kier alpha value is -1.65. The molecule has 0 atom stereocenters. The number of carbonyl (C=O) groups is 1. The molecule has 1 amide bonds. The Labute approximate surface area is 101 Å². The van der Waals surface area contributed by atoms with E-state index in [2.05, 4.69) is 20.8 Å². The zero-order chi connectivity index (χ0) is 12.5. The summed E-state index contributed by atoms with van der Waals surface area (Å²) in [4.78, 5) is 11.7. The van der Waals surface area contributed by atoms with E-state index < -0.39 is 0 Å². The molecule has 17 heavy (non-hydrogen) atoms. The molecule has 2 rings (SSSR count). The van der Waals surface area contributed by atoms with Crippen LogP contribution >= 0.6 is 0 Å². The van der Waals surface area contributed by atoms with Crippen LogP contribution in [0.3, 0.4) is 0 Å². The van der Waals surface area contributed by atoms with Gasteiger partial charge in [-0.05, 0) is 45.7 Å². The average molecular weight is 234 g/mol. The van der Waals surface area contributed by atoms with Gasteiger partial charge in [-0.25, -0.2) is 0 Å². The molecule has 1 aromatic rings. The molecule has 0 unspecified atom stereocenters. The highest BCUT2D eigenvalue weighted by Crippen LogP contribution is 2.19. The molecule has 2 N–H and O–H groups in total. The number of aromatic nitrogens is 2. The van der Waals surface area contributed by atoms with E-state index in [-0.39, 0.29) is 11.4 Å². The molecule has 1 fully saturated rings. The first-order valence-electron chi connectivity index (χ1n) is 5.87. The predicted octanol–water partition coefficient (Wildman–Crippen LogP) is 1.58. The minimum absolute atomic E-state index is 0.0630. The quantitative estimate of drug-likeness (QED) is 0.833. The van der Waals surface area contributed by atoms with E-state index >= 15 is 0 Å². The summed E-state index contributed by atoms with van der Waals surface area (Å²) in [7, 11) is 0. The van der Waals surface area contributed by atoms with Crippen LogP contribution in [0.5, 0.6) is 0 Å². The first-order valence-corrected chi connectivity index (χ1v) is 5.87. The maximum absolute atomic E-state index is 11.7. The topological polar surface area (TPSA) is 66.9 Å². The van der Waals surface area contributed by atoms with Crippen molar-refractivity contribution in [2.24, 2.45) is 0 Å². The molecule has 0 bridgehead atoms. The summed E-state index contributed by atoms with van der Waals surface area (Å²) in [6.45, 7) is 6.13. The molecule has 5 heteroatoms. The lowest BCUT2D eigenvalue weighted by Crippen LogP contribution is -2.28. The van der Waals surface area contributed by atoms with Crippen molar-refractivity contribution in [1.29, 1.82) is 0 Å². The normalized spacial score (nSPS) is 15.5. The SMILES string of the molecule is CC(C)(C)Nc1ccc(C(=O)NC2CC2)nn1. The Balaban J connectivity index is 1.99. The Morgan fingerprint density at radius 3 is 2.47 bits per heavy atom. The van der Waals surface area contributed by atoms with Gasteiger partial charge < -0.3 is 10.6 Å². The van der Waals surface area contributed by atoms with Crippen LogP contribution in [0, 0.1) is 0 Å². The van der Waals surface area contributed by atoms with Crippen molar-refractivity contribution in [2.75, 3.05) is 5.32 Å². The monoisotopic (exact) mass is 234 g/mol. The molecule has 1 aromatic heterocycles. The van der Waals surface area contributed by atoms with Gasteiger partial charge in [0.25, 0.3) is 5.91 Å². The van der Waals surface area contributed by atoms with Crippen molar-refractivity contribution in [3.63, 3.8) is 0 Å². The van der Waals surface area contributed by atoms with Crippen molar-refractivity contribution in [2.45, 2.75) is 45.2 Å². The summed E-state index contributed by atoms with van der Waals surface area (Å²) in [5.74, 6) is 0.544. The second kappa shape index (κ2) is 4.31. The minimum atomic E-state index is -0.137. The second-order valence-corrected chi connectivity index (χ2v) is 5.43. The number of hydrogen-bond acceptors (Lipinski definition) is 4. The predicted molar refractivity (Wildman–Crippen MR) is 65.9 cm³/mol. The second-order valence-electron chi connectivity index (χ2n) is 5.43. The van der Waals surface area contributed by atoms with Crippen molar-refractivity contribution in [1.82, 2.24) is 15.5 Å². The van der Waals surface area contributed by atoms with Gasteiger partial charge in [-0.15, -0.1) is 10.2 Å². The molecule has 1 aliphatic carbocycles. The van der Waals surface area contributed by atoms with Gasteiger partial charge in [0.2, 0.25) is 0 Å². The highest BCUT2D eigenvalue weighted by Gasteiger charge is 2.24. The fourth-order valence-electron chi connectivity index (χ4n) is 1.39. The highest BCUT2D eigenvalue weighted by molar-refractivity contribution is 5.92. The first kappa shape index (κ1) is 11.8. The molecular formula is C12H18N4O. The number of nitrogens with zero attached hydrogens (tertiary/aromatic N) is 2. The number of anilines is 1. The number of rotatable bonds is 3. The minimum Gasteiger partial charge on any atom is -0.364 e. The summed E-state index contributed by atoms with van der Waals surface area (Å²) < 4.78 is 0. The van der Waals surface area contributed by atoms with Gasteiger partial charge in [0.05, 0.1) is 0 Å². The van der Waals surface area contributed by atoms with E-state index in [1.165, 1.54) is 0 Å². The van der Waals surface area contributed by atoms with Gasteiger partial charge in [-0.3, -0.25) is 4.79 Å². The van der Waals surface area contributed by atoms with E-state index in [0.717, 1.165) is 12.8 Å². The summed E-state index contributed by atoms with van der Waals surface area (Å²) in [5.41, 5.74) is 0.309. The molecule has 1 aliphatic rings. The van der Waals surface area contributed by atoms with Crippen LogP contribution in [0.15, 0.2) is 12.1 Å². The molecule has 1 saturated carbocycles. The number of hydrogen-bond donors (Lipinski definition) is 2. The highest BCUT2D eigenvalue weighted by atomic mass is 16.2. The summed E-state index contributed by atoms with van der Waals surface area (Å²) in [6.07, 6.45) is 2.14. The summed E-state index contributed by atoms with van der Waals surface area (Å²) in [5, 5.41) is 14.0. The molecular weight excluding hydrogens is 216 g/mol. The standard InChI is InChI=1S/C12H18N4O/c1-12(2,3)14-10-7-6-9(15-16-10)11(17)13-8-4-5-8/h6-8H,4-5H2,1-3H3,(H,13,17)(H,14,16). The molecule has 92 valence electrons. The molecule has 5 nitrogen and oxygen atoms in total. The molecule has 0 aliphatic heterocycles. The average Bonchev–Trinajstić information content (AvgIpc) is 3.00. The Kier molecular flexibility index (Phi) is 3.00. The fourth-order valence-corrected chi connectivity index (χ4v) is 1.39. The lowest BCUT2D eigenvalue weighted by atomic mass is 10.1. The van der Waals surface area contributed by atoms with E-state index in [1.54, 1.807) is 12.1 Å². The molecule has 0 aromatic carbocycles. The first-order chi connectivity index (χ1) is 7.94. The third kappa shape index (κ3) is 3.69. The molecule has 0 radical (unpaired) electrons. The zero-order valence-electron chi connectivity index (χ0n) is 10.4. The zero-order valence-corrected chi connectivity index (χ0v) is 10.4. The van der Waals surface area contributed by atoms with Crippen molar-refractivity contribution in [3.05, 3.63) is 17.8 Å². The number of carbonyl (C=O) groups excluding carboxylic acids is 1. The maximum atomic E-state index is 11.7. The van der Waals surface area contributed by atoms with E-state index in [0.29, 0.717) is 17.6 Å². The largest absolute Gasteiger partial charge is 0.364 e. The third-order valence-corrected chi connectivity index (χ3v) is 2.31. The fraction of sp³-hybridized carbons (Fsp3) is 0.583. The van der Waals surface area contributed by atoms with Crippen molar-refractivity contribution >= 4 is 11.7 Å². The van der Waals surface area contributed by atoms with Gasteiger partial charge >= 0.3 is 0 Å². The number of amides is 1. The summed E-state index contributed by atoms with van der Waals surface area (Å²) >= 11 is 0. The Bertz CT molecular complexity index is 404. The van der Waals surface area contributed by atoms with Crippen LogP contribution in [0.1, 0.15) is 44.1 Å². The van der Waals surface area contributed by atoms with E-state index in [4.69, 9.17) is 0 Å². The van der Waals surface area contributed by atoms with Gasteiger partial charge in [0.15, 0.2) is 5.69 Å². The third-order valence-electron chi connectivity index (χ3n) is 2.31. The van der Waals surface area contributed by atoms with Gasteiger partial charge in [0.1, 0.15) is 5.82 Å². The van der Waals surface area contributed by atoms with Crippen LogP contribution < -0.4 is 10.6 Å². The molecule has 1 heterocycles. The van der Waals surface area contributed by atoms with Crippen LogP contribution in [0.25, 0.3) is 0 Å². The Morgan fingerprint density at radius 1 is 1.29 bits per heavy atom. The van der Waals surface area contributed by atoms with Crippen molar-refractivity contribution in [3.8, 4) is 0 Å². The lowest BCUT2D eigenvalue weighted by Gasteiger charge is -2.20. The van der Waals surface area contributed by atoms with Crippen molar-refractivity contribution < 1.29 is 4.79 Å². The van der Waals surface area contributed by atoms with Crippen LogP contribution in [-0.2, 0) is 0 Å². The van der Waals surface area contributed by atoms with Crippen LogP contribution in [0.4, 0.5) is 5.82 Å². The van der Waals surface area contributed by atoms with E-state index in [1.807, 2.05) is 20.8 Å². The van der Waals surface area contributed by atoms with Gasteiger partial charge in [0, 0.05) is 11.6 Å². The van der Waals surface area contributed by atoms with Gasteiger partial charge in [-0.2, -0.15) is 0 Å². The molecule has 0 saturated heterocycles. The smallest absolute Gasteiger partial charge is 0.272 e. The van der Waals surface area contributed by atoms with Gasteiger partial charge in [-0.1, -0.05) is 0 Å². The Morgan fingerprint density at radius 2 is 2.00 bits per heavy atom.